The van der Waals surface area contributed by atoms with E-state index in [0.717, 1.165) is 7.11 Å². The average molecular weight is 223 g/mol. The van der Waals surface area contributed by atoms with Gasteiger partial charge in [-0.15, -0.1) is 0 Å². The van der Waals surface area contributed by atoms with E-state index in [2.05, 4.69) is 4.74 Å². The summed E-state index contributed by atoms with van der Waals surface area (Å²) in [4.78, 5) is 10.7. The molecule has 0 radical (unpaired) electrons. The predicted octanol–water partition coefficient (Wildman–Crippen LogP) is -0.442. The Hall–Kier alpha value is -0.620. The molecule has 1 atom stereocenters. The number of esters is 1. The Morgan fingerprint density at radius 1 is 1.43 bits per heavy atom. The quantitative estimate of drug-likeness (QED) is 0.638. The molecule has 1 unspecified atom stereocenters. The van der Waals surface area contributed by atoms with Crippen LogP contribution in [0.15, 0.2) is 0 Å². The zero-order valence-electron chi connectivity index (χ0n) is 8.69. The minimum absolute atomic E-state index is 0.0717. The lowest BCUT2D eigenvalue weighted by Gasteiger charge is -2.14. The number of carbonyl (C=O) groups is 1. The van der Waals surface area contributed by atoms with E-state index in [-0.39, 0.29) is 11.7 Å². The van der Waals surface area contributed by atoms with Gasteiger partial charge in [0.15, 0.2) is 9.84 Å². The summed E-state index contributed by atoms with van der Waals surface area (Å²) >= 11 is 0. The number of rotatable bonds is 5. The SMILES string of the molecule is COC(=O)CS(=O)(=O)CC(N)C(C)C. The number of hydrogen-bond donors (Lipinski definition) is 1. The first-order chi connectivity index (χ1) is 6.28. The number of nitrogens with two attached hydrogens (primary N) is 1. The number of hydrogen-bond acceptors (Lipinski definition) is 5. The molecule has 0 rings (SSSR count). The maximum absolute atomic E-state index is 11.3. The van der Waals surface area contributed by atoms with Gasteiger partial charge in [-0.05, 0) is 5.92 Å². The van der Waals surface area contributed by atoms with Crippen molar-refractivity contribution in [1.82, 2.24) is 0 Å². The van der Waals surface area contributed by atoms with Gasteiger partial charge in [-0.2, -0.15) is 0 Å². The maximum atomic E-state index is 11.3. The third-order valence-corrected chi connectivity index (χ3v) is 3.44. The van der Waals surface area contributed by atoms with Gasteiger partial charge < -0.3 is 10.5 Å². The van der Waals surface area contributed by atoms with Crippen molar-refractivity contribution in [2.45, 2.75) is 19.9 Å². The topological polar surface area (TPSA) is 86.5 Å². The lowest BCUT2D eigenvalue weighted by atomic mass is 10.1. The van der Waals surface area contributed by atoms with E-state index in [1.54, 1.807) is 0 Å². The molecule has 0 bridgehead atoms. The smallest absolute Gasteiger partial charge is 0.320 e. The summed E-state index contributed by atoms with van der Waals surface area (Å²) in [6, 6.07) is -0.440. The number of methoxy groups -OCH3 is 1. The molecule has 0 aromatic rings. The average Bonchev–Trinajstić information content (AvgIpc) is 2.02. The molecule has 0 aliphatic carbocycles. The van der Waals surface area contributed by atoms with E-state index in [4.69, 9.17) is 5.73 Å². The standard InChI is InChI=1S/C8H17NO4S/c1-6(2)7(9)4-14(11,12)5-8(10)13-3/h6-7H,4-5,9H2,1-3H3. The zero-order chi connectivity index (χ0) is 11.4. The summed E-state index contributed by atoms with van der Waals surface area (Å²) in [6.45, 7) is 3.66. The molecule has 0 heterocycles. The van der Waals surface area contributed by atoms with Crippen molar-refractivity contribution in [3.05, 3.63) is 0 Å². The maximum Gasteiger partial charge on any atom is 0.320 e. The first-order valence-electron chi connectivity index (χ1n) is 4.31. The Balaban J connectivity index is 4.29. The van der Waals surface area contributed by atoms with Crippen LogP contribution in [0.4, 0.5) is 0 Å². The fourth-order valence-electron chi connectivity index (χ4n) is 0.783. The molecule has 0 fully saturated rings. The Kier molecular flexibility index (Phi) is 5.07. The summed E-state index contributed by atoms with van der Waals surface area (Å²) in [5.41, 5.74) is 5.59. The van der Waals surface area contributed by atoms with E-state index < -0.39 is 27.6 Å². The van der Waals surface area contributed by atoms with Gasteiger partial charge in [0.1, 0.15) is 5.75 Å². The van der Waals surface area contributed by atoms with Gasteiger partial charge in [0, 0.05) is 6.04 Å². The van der Waals surface area contributed by atoms with Crippen LogP contribution in [-0.4, -0.2) is 39.0 Å². The minimum atomic E-state index is -3.44. The number of ether oxygens (including phenoxy) is 1. The van der Waals surface area contributed by atoms with Gasteiger partial charge in [-0.25, -0.2) is 8.42 Å². The van der Waals surface area contributed by atoms with Crippen LogP contribution in [0.25, 0.3) is 0 Å². The normalized spacial score (nSPS) is 14.1. The van der Waals surface area contributed by atoms with Gasteiger partial charge in [0.05, 0.1) is 12.9 Å². The van der Waals surface area contributed by atoms with Crippen molar-refractivity contribution in [1.29, 1.82) is 0 Å². The largest absolute Gasteiger partial charge is 0.468 e. The second-order valence-electron chi connectivity index (χ2n) is 3.54. The molecule has 2 N–H and O–H groups in total. The Morgan fingerprint density at radius 3 is 2.29 bits per heavy atom. The lowest BCUT2D eigenvalue weighted by Crippen LogP contribution is -2.36. The molecule has 0 aromatic heterocycles. The van der Waals surface area contributed by atoms with E-state index >= 15 is 0 Å². The molecule has 0 amide bonds. The van der Waals surface area contributed by atoms with Gasteiger partial charge in [0.2, 0.25) is 0 Å². The molecule has 5 nitrogen and oxygen atoms in total. The van der Waals surface area contributed by atoms with E-state index in [0.29, 0.717) is 0 Å². The van der Waals surface area contributed by atoms with E-state index in [9.17, 15) is 13.2 Å². The summed E-state index contributed by atoms with van der Waals surface area (Å²) in [7, 11) is -2.28. The fourth-order valence-corrected chi connectivity index (χ4v) is 2.35. The van der Waals surface area contributed by atoms with Crippen LogP contribution in [-0.2, 0) is 19.4 Å². The highest BCUT2D eigenvalue weighted by atomic mass is 32.2. The second kappa shape index (κ2) is 5.31. The molecule has 0 saturated carbocycles. The van der Waals surface area contributed by atoms with Crippen LogP contribution in [0.3, 0.4) is 0 Å². The van der Waals surface area contributed by atoms with Gasteiger partial charge in [-0.1, -0.05) is 13.8 Å². The number of sulfone groups is 1. The first-order valence-corrected chi connectivity index (χ1v) is 6.13. The Morgan fingerprint density at radius 2 is 1.93 bits per heavy atom. The van der Waals surface area contributed by atoms with Crippen molar-refractivity contribution in [2.75, 3.05) is 18.6 Å². The second-order valence-corrected chi connectivity index (χ2v) is 5.65. The molecule has 14 heavy (non-hydrogen) atoms. The van der Waals surface area contributed by atoms with Crippen molar-refractivity contribution in [3.63, 3.8) is 0 Å². The van der Waals surface area contributed by atoms with E-state index in [1.165, 1.54) is 0 Å². The molecule has 0 aliphatic heterocycles. The lowest BCUT2D eigenvalue weighted by molar-refractivity contribution is -0.137. The zero-order valence-corrected chi connectivity index (χ0v) is 9.50. The molecule has 0 saturated heterocycles. The van der Waals surface area contributed by atoms with Crippen molar-refractivity contribution in [3.8, 4) is 0 Å². The molecular formula is C8H17NO4S. The van der Waals surface area contributed by atoms with E-state index in [1.807, 2.05) is 13.8 Å². The highest BCUT2D eigenvalue weighted by Gasteiger charge is 2.22. The Bertz CT molecular complexity index is 284. The summed E-state index contributed by atoms with van der Waals surface area (Å²) < 4.78 is 26.9. The van der Waals surface area contributed by atoms with Gasteiger partial charge in [-0.3, -0.25) is 4.79 Å². The van der Waals surface area contributed by atoms with Crippen LogP contribution in [0, 0.1) is 5.92 Å². The summed E-state index contributed by atoms with van der Waals surface area (Å²) in [6.07, 6.45) is 0. The molecule has 6 heteroatoms. The third-order valence-electron chi connectivity index (χ3n) is 1.87. The summed E-state index contributed by atoms with van der Waals surface area (Å²) in [5, 5.41) is 0. The predicted molar refractivity (Wildman–Crippen MR) is 53.5 cm³/mol. The molecule has 0 spiro atoms. The third kappa shape index (κ3) is 5.18. The van der Waals surface area contributed by atoms with Crippen LogP contribution in [0.2, 0.25) is 0 Å². The van der Waals surface area contributed by atoms with Crippen LogP contribution < -0.4 is 5.73 Å². The monoisotopic (exact) mass is 223 g/mol. The van der Waals surface area contributed by atoms with Gasteiger partial charge >= 0.3 is 5.97 Å². The minimum Gasteiger partial charge on any atom is -0.468 e. The molecular weight excluding hydrogens is 206 g/mol. The van der Waals surface area contributed by atoms with Crippen molar-refractivity contribution < 1.29 is 17.9 Å². The van der Waals surface area contributed by atoms with Gasteiger partial charge in [0.25, 0.3) is 0 Å². The highest BCUT2D eigenvalue weighted by molar-refractivity contribution is 7.92. The highest BCUT2D eigenvalue weighted by Crippen LogP contribution is 2.03. The number of carbonyl (C=O) groups excluding carboxylic acids is 1. The van der Waals surface area contributed by atoms with Crippen LogP contribution in [0.1, 0.15) is 13.8 Å². The summed E-state index contributed by atoms with van der Waals surface area (Å²) in [5.74, 6) is -1.45. The molecule has 0 aromatic carbocycles. The fraction of sp³-hybridized carbons (Fsp3) is 0.875. The Labute approximate surface area is 84.5 Å². The van der Waals surface area contributed by atoms with Crippen LogP contribution >= 0.6 is 0 Å². The van der Waals surface area contributed by atoms with Crippen molar-refractivity contribution >= 4 is 15.8 Å². The van der Waals surface area contributed by atoms with Crippen molar-refractivity contribution in [2.24, 2.45) is 11.7 Å². The molecule has 84 valence electrons. The van der Waals surface area contributed by atoms with Crippen LogP contribution in [0.5, 0.6) is 0 Å². The first kappa shape index (κ1) is 13.4. The molecule has 0 aliphatic rings.